The van der Waals surface area contributed by atoms with E-state index in [1.807, 2.05) is 0 Å². The second-order valence-corrected chi connectivity index (χ2v) is 4.77. The summed E-state index contributed by atoms with van der Waals surface area (Å²) in [6.45, 7) is -0.424. The molecule has 0 aliphatic rings. The second-order valence-electron chi connectivity index (χ2n) is 3.97. The van der Waals surface area contributed by atoms with Gasteiger partial charge in [0.1, 0.15) is 5.15 Å². The third kappa shape index (κ3) is 4.44. The maximum atomic E-state index is 11.7. The van der Waals surface area contributed by atoms with Crippen molar-refractivity contribution >= 4 is 40.8 Å². The van der Waals surface area contributed by atoms with Crippen molar-refractivity contribution in [1.82, 2.24) is 4.98 Å². The quantitative estimate of drug-likeness (QED) is 0.692. The van der Waals surface area contributed by atoms with Gasteiger partial charge in [0.25, 0.3) is 5.91 Å². The molecule has 1 N–H and O–H groups in total. The van der Waals surface area contributed by atoms with Crippen LogP contribution in [0.3, 0.4) is 0 Å². The molecule has 0 saturated heterocycles. The molecule has 0 atom stereocenters. The van der Waals surface area contributed by atoms with Crippen LogP contribution in [-0.4, -0.2) is 23.5 Å². The molecule has 2 rings (SSSR count). The van der Waals surface area contributed by atoms with E-state index in [9.17, 15) is 9.59 Å². The SMILES string of the molecule is O=C(COC(=O)c1ccc(Cl)nc1)Nc1ccccc1Cl. The molecule has 1 amide bonds. The smallest absolute Gasteiger partial charge is 0.340 e. The minimum atomic E-state index is -0.659. The van der Waals surface area contributed by atoms with Crippen molar-refractivity contribution in [2.45, 2.75) is 0 Å². The maximum absolute atomic E-state index is 11.7. The van der Waals surface area contributed by atoms with Crippen molar-refractivity contribution in [3.63, 3.8) is 0 Å². The number of aromatic nitrogens is 1. The first-order valence-electron chi connectivity index (χ1n) is 5.89. The van der Waals surface area contributed by atoms with Gasteiger partial charge >= 0.3 is 5.97 Å². The number of halogens is 2. The third-order valence-electron chi connectivity index (χ3n) is 2.45. The number of carbonyl (C=O) groups is 2. The lowest BCUT2D eigenvalue weighted by Gasteiger charge is -2.07. The molecule has 2 aromatic rings. The number of nitrogens with one attached hydrogen (secondary N) is 1. The Morgan fingerprint density at radius 2 is 1.90 bits per heavy atom. The Balaban J connectivity index is 1.88. The topological polar surface area (TPSA) is 68.3 Å². The summed E-state index contributed by atoms with van der Waals surface area (Å²) < 4.78 is 4.86. The van der Waals surface area contributed by atoms with Gasteiger partial charge in [0.2, 0.25) is 0 Å². The molecule has 7 heteroatoms. The number of hydrogen-bond donors (Lipinski definition) is 1. The van der Waals surface area contributed by atoms with Crippen molar-refractivity contribution in [3.8, 4) is 0 Å². The zero-order chi connectivity index (χ0) is 15.2. The Kier molecular flexibility index (Phi) is 5.14. The Bertz CT molecular complexity index is 660. The highest BCUT2D eigenvalue weighted by Crippen LogP contribution is 2.20. The van der Waals surface area contributed by atoms with Crippen LogP contribution < -0.4 is 5.32 Å². The first kappa shape index (κ1) is 15.3. The van der Waals surface area contributed by atoms with E-state index in [0.717, 1.165) is 0 Å². The highest BCUT2D eigenvalue weighted by atomic mass is 35.5. The van der Waals surface area contributed by atoms with Crippen molar-refractivity contribution in [2.24, 2.45) is 0 Å². The number of anilines is 1. The first-order valence-corrected chi connectivity index (χ1v) is 6.65. The summed E-state index contributed by atoms with van der Waals surface area (Å²) in [5.41, 5.74) is 0.665. The minimum absolute atomic E-state index is 0.213. The monoisotopic (exact) mass is 324 g/mol. The molecule has 0 radical (unpaired) electrons. The molecule has 1 heterocycles. The van der Waals surface area contributed by atoms with Gasteiger partial charge in [0.15, 0.2) is 6.61 Å². The normalized spacial score (nSPS) is 10.0. The average Bonchev–Trinajstić information content (AvgIpc) is 2.48. The minimum Gasteiger partial charge on any atom is -0.452 e. The molecule has 0 unspecified atom stereocenters. The lowest BCUT2D eigenvalue weighted by atomic mass is 10.3. The Labute approximate surface area is 130 Å². The third-order valence-corrected chi connectivity index (χ3v) is 3.00. The van der Waals surface area contributed by atoms with Gasteiger partial charge in [-0.2, -0.15) is 0 Å². The molecule has 1 aromatic carbocycles. The van der Waals surface area contributed by atoms with E-state index in [4.69, 9.17) is 27.9 Å². The highest BCUT2D eigenvalue weighted by molar-refractivity contribution is 6.33. The van der Waals surface area contributed by atoms with E-state index in [2.05, 4.69) is 10.3 Å². The standard InChI is InChI=1S/C14H10Cl2N2O3/c15-10-3-1-2-4-11(10)18-13(19)8-21-14(20)9-5-6-12(16)17-7-9/h1-7H,8H2,(H,18,19). The van der Waals surface area contributed by atoms with Crippen LogP contribution in [0.25, 0.3) is 0 Å². The predicted molar refractivity (Wildman–Crippen MR) is 79.6 cm³/mol. The second kappa shape index (κ2) is 7.06. The van der Waals surface area contributed by atoms with E-state index in [1.165, 1.54) is 18.3 Å². The van der Waals surface area contributed by atoms with Crippen molar-refractivity contribution < 1.29 is 14.3 Å². The van der Waals surface area contributed by atoms with Crippen LogP contribution in [0, 0.1) is 0 Å². The molecule has 0 aliphatic carbocycles. The molecular formula is C14H10Cl2N2O3. The van der Waals surface area contributed by atoms with E-state index in [1.54, 1.807) is 24.3 Å². The Morgan fingerprint density at radius 3 is 2.57 bits per heavy atom. The number of amides is 1. The van der Waals surface area contributed by atoms with Gasteiger partial charge in [-0.3, -0.25) is 4.79 Å². The lowest BCUT2D eigenvalue weighted by molar-refractivity contribution is -0.119. The molecule has 0 bridgehead atoms. The highest BCUT2D eigenvalue weighted by Gasteiger charge is 2.11. The average molecular weight is 325 g/mol. The van der Waals surface area contributed by atoms with Crippen LogP contribution in [0.2, 0.25) is 10.2 Å². The molecule has 21 heavy (non-hydrogen) atoms. The Hall–Kier alpha value is -2.11. The van der Waals surface area contributed by atoms with Crippen LogP contribution in [0.1, 0.15) is 10.4 Å². The zero-order valence-electron chi connectivity index (χ0n) is 10.7. The number of para-hydroxylation sites is 1. The summed E-state index contributed by atoms with van der Waals surface area (Å²) in [4.78, 5) is 27.1. The van der Waals surface area contributed by atoms with Gasteiger partial charge in [0.05, 0.1) is 16.3 Å². The number of nitrogens with zero attached hydrogens (tertiary/aromatic N) is 1. The largest absolute Gasteiger partial charge is 0.452 e. The van der Waals surface area contributed by atoms with Gasteiger partial charge in [-0.1, -0.05) is 35.3 Å². The number of pyridine rings is 1. The van der Waals surface area contributed by atoms with Crippen LogP contribution in [0.4, 0.5) is 5.69 Å². The van der Waals surface area contributed by atoms with E-state index in [0.29, 0.717) is 10.7 Å². The Morgan fingerprint density at radius 1 is 1.14 bits per heavy atom. The molecule has 0 aliphatic heterocycles. The fourth-order valence-electron chi connectivity index (χ4n) is 1.46. The number of benzene rings is 1. The van der Waals surface area contributed by atoms with E-state index < -0.39 is 18.5 Å². The summed E-state index contributed by atoms with van der Waals surface area (Å²) >= 11 is 11.5. The molecule has 1 aromatic heterocycles. The number of carbonyl (C=O) groups excluding carboxylic acids is 2. The van der Waals surface area contributed by atoms with Gasteiger partial charge in [-0.25, -0.2) is 9.78 Å². The van der Waals surface area contributed by atoms with Gasteiger partial charge < -0.3 is 10.1 Å². The van der Waals surface area contributed by atoms with Crippen LogP contribution in [-0.2, 0) is 9.53 Å². The fraction of sp³-hybridized carbons (Fsp3) is 0.0714. The first-order chi connectivity index (χ1) is 10.1. The molecule has 108 valence electrons. The van der Waals surface area contributed by atoms with Gasteiger partial charge in [-0.15, -0.1) is 0 Å². The molecule has 0 spiro atoms. The molecule has 0 saturated carbocycles. The lowest BCUT2D eigenvalue weighted by Crippen LogP contribution is -2.21. The number of rotatable bonds is 4. The van der Waals surface area contributed by atoms with Crippen LogP contribution in [0.5, 0.6) is 0 Å². The van der Waals surface area contributed by atoms with Crippen molar-refractivity contribution in [3.05, 3.63) is 58.3 Å². The molecule has 5 nitrogen and oxygen atoms in total. The zero-order valence-corrected chi connectivity index (χ0v) is 12.2. The van der Waals surface area contributed by atoms with E-state index >= 15 is 0 Å². The molecular weight excluding hydrogens is 315 g/mol. The van der Waals surface area contributed by atoms with Crippen molar-refractivity contribution in [2.75, 3.05) is 11.9 Å². The van der Waals surface area contributed by atoms with Crippen LogP contribution >= 0.6 is 23.2 Å². The van der Waals surface area contributed by atoms with Gasteiger partial charge in [-0.05, 0) is 24.3 Å². The maximum Gasteiger partial charge on any atom is 0.340 e. The summed E-state index contributed by atoms with van der Waals surface area (Å²) in [6.07, 6.45) is 1.27. The fourth-order valence-corrected chi connectivity index (χ4v) is 1.75. The summed E-state index contributed by atoms with van der Waals surface area (Å²) in [5.74, 6) is -1.15. The van der Waals surface area contributed by atoms with E-state index in [-0.39, 0.29) is 10.7 Å². The summed E-state index contributed by atoms with van der Waals surface area (Å²) in [6, 6.07) is 9.68. The predicted octanol–water partition coefficient (Wildman–Crippen LogP) is 3.18. The van der Waals surface area contributed by atoms with Crippen molar-refractivity contribution in [1.29, 1.82) is 0 Å². The molecule has 0 fully saturated rings. The van der Waals surface area contributed by atoms with Gasteiger partial charge in [0, 0.05) is 6.20 Å². The number of esters is 1. The summed E-state index contributed by atoms with van der Waals surface area (Å²) in [5, 5.41) is 3.21. The number of ether oxygens (including phenoxy) is 1. The number of hydrogen-bond acceptors (Lipinski definition) is 4. The summed E-state index contributed by atoms with van der Waals surface area (Å²) in [7, 11) is 0. The van der Waals surface area contributed by atoms with Crippen LogP contribution in [0.15, 0.2) is 42.6 Å².